The highest BCUT2D eigenvalue weighted by Gasteiger charge is 2.21. The van der Waals surface area contributed by atoms with Crippen LogP contribution in [0.15, 0.2) is 30.5 Å². The molecule has 1 aliphatic heterocycles. The third kappa shape index (κ3) is 2.01. The summed E-state index contributed by atoms with van der Waals surface area (Å²) >= 11 is 0. The molecule has 1 aromatic carbocycles. The van der Waals surface area contributed by atoms with Crippen LogP contribution in [-0.4, -0.2) is 15.9 Å². The molecule has 0 atom stereocenters. The average Bonchev–Trinajstić information content (AvgIpc) is 2.82. The van der Waals surface area contributed by atoms with E-state index in [-0.39, 0.29) is 17.4 Å². The third-order valence-corrected chi connectivity index (χ3v) is 2.65. The fourth-order valence-corrected chi connectivity index (χ4v) is 1.69. The molecule has 9 heteroatoms. The molecule has 3 rings (SSSR count). The van der Waals surface area contributed by atoms with E-state index in [0.717, 1.165) is 11.4 Å². The zero-order chi connectivity index (χ0) is 14.1. The number of anilines is 3. The van der Waals surface area contributed by atoms with E-state index in [1.54, 1.807) is 0 Å². The molecule has 9 nitrogen and oxygen atoms in total. The lowest BCUT2D eigenvalue weighted by Crippen LogP contribution is -2.39. The number of nitrogens with two attached hydrogens (primary N) is 2. The fourth-order valence-electron chi connectivity index (χ4n) is 1.69. The van der Waals surface area contributed by atoms with Crippen LogP contribution in [0.2, 0.25) is 0 Å². The summed E-state index contributed by atoms with van der Waals surface area (Å²) in [5.41, 5.74) is 18.1. The van der Waals surface area contributed by atoms with Crippen molar-refractivity contribution < 1.29 is 9.63 Å². The third-order valence-electron chi connectivity index (χ3n) is 2.65. The Bertz CT molecular complexity index is 676. The summed E-state index contributed by atoms with van der Waals surface area (Å²) in [7, 11) is 0. The summed E-state index contributed by atoms with van der Waals surface area (Å²) in [6, 6.07) is 7.43. The van der Waals surface area contributed by atoms with Gasteiger partial charge in [-0.15, -0.1) is 10.7 Å². The molecule has 2 aromatic rings. The number of hydrazine groups is 2. The molecular weight excluding hydrogens is 262 g/mol. The zero-order valence-corrected chi connectivity index (χ0v) is 10.2. The van der Waals surface area contributed by atoms with Gasteiger partial charge in [0, 0.05) is 6.20 Å². The van der Waals surface area contributed by atoms with Gasteiger partial charge in [0.2, 0.25) is 0 Å². The summed E-state index contributed by atoms with van der Waals surface area (Å²) in [5, 5.41) is 1.34. The molecule has 0 spiro atoms. The molecule has 1 aliphatic rings. The second-order valence-corrected chi connectivity index (χ2v) is 3.96. The van der Waals surface area contributed by atoms with Gasteiger partial charge in [-0.2, -0.15) is 4.98 Å². The normalized spacial score (nSPS) is 12.7. The number of hydrogen-bond donors (Lipinski definition) is 4. The first kappa shape index (κ1) is 12.0. The summed E-state index contributed by atoms with van der Waals surface area (Å²) in [5.74, 6) is -0.733. The Morgan fingerprint density at radius 2 is 2.15 bits per heavy atom. The second kappa shape index (κ2) is 4.55. The molecule has 102 valence electrons. The number of carbonyl (C=O) groups is 1. The molecule has 20 heavy (non-hydrogen) atoms. The number of para-hydroxylation sites is 2. The van der Waals surface area contributed by atoms with Crippen molar-refractivity contribution in [2.45, 2.75) is 0 Å². The highest BCUT2D eigenvalue weighted by atomic mass is 16.7. The minimum atomic E-state index is -0.694. The van der Waals surface area contributed by atoms with Crippen molar-refractivity contribution in [3.63, 3.8) is 0 Å². The van der Waals surface area contributed by atoms with Crippen LogP contribution >= 0.6 is 0 Å². The lowest BCUT2D eigenvalue weighted by atomic mass is 10.3. The predicted molar refractivity (Wildman–Crippen MR) is 71.3 cm³/mol. The van der Waals surface area contributed by atoms with Gasteiger partial charge in [0.1, 0.15) is 11.5 Å². The second-order valence-electron chi connectivity index (χ2n) is 3.96. The molecule has 1 amide bonds. The van der Waals surface area contributed by atoms with E-state index in [4.69, 9.17) is 16.3 Å². The van der Waals surface area contributed by atoms with E-state index >= 15 is 0 Å². The van der Waals surface area contributed by atoms with Gasteiger partial charge in [-0.3, -0.25) is 10.2 Å². The fraction of sp³-hybridized carbons (Fsp3) is 0. The van der Waals surface area contributed by atoms with Crippen molar-refractivity contribution in [2.24, 2.45) is 5.73 Å². The maximum Gasteiger partial charge on any atom is 0.346 e. The Kier molecular flexibility index (Phi) is 2.73. The van der Waals surface area contributed by atoms with Gasteiger partial charge in [0.25, 0.3) is 5.91 Å². The lowest BCUT2D eigenvalue weighted by Gasteiger charge is -2.16. The molecule has 0 bridgehead atoms. The largest absolute Gasteiger partial charge is 0.383 e. The van der Waals surface area contributed by atoms with Crippen LogP contribution in [0.4, 0.5) is 17.2 Å². The van der Waals surface area contributed by atoms with Crippen LogP contribution in [0.1, 0.15) is 10.4 Å². The van der Waals surface area contributed by atoms with Crippen LogP contribution in [-0.2, 0) is 0 Å². The highest BCUT2D eigenvalue weighted by Crippen LogP contribution is 2.28. The van der Waals surface area contributed by atoms with E-state index in [9.17, 15) is 4.79 Å². The van der Waals surface area contributed by atoms with Crippen molar-refractivity contribution in [3.8, 4) is 6.01 Å². The minimum absolute atomic E-state index is 0.0153. The molecular formula is C11H11N7O2. The molecule has 2 heterocycles. The van der Waals surface area contributed by atoms with Crippen LogP contribution in [0.25, 0.3) is 0 Å². The predicted octanol–water partition coefficient (Wildman–Crippen LogP) is -0.197. The van der Waals surface area contributed by atoms with Crippen LogP contribution in [0.3, 0.4) is 0 Å². The monoisotopic (exact) mass is 273 g/mol. The highest BCUT2D eigenvalue weighted by molar-refractivity contribution is 5.96. The van der Waals surface area contributed by atoms with Gasteiger partial charge in [-0.1, -0.05) is 12.1 Å². The minimum Gasteiger partial charge on any atom is -0.383 e. The topological polar surface area (TPSA) is 131 Å². The Balaban J connectivity index is 1.83. The summed E-state index contributed by atoms with van der Waals surface area (Å²) in [4.78, 5) is 24.2. The van der Waals surface area contributed by atoms with E-state index in [0.29, 0.717) is 0 Å². The first-order chi connectivity index (χ1) is 9.65. The average molecular weight is 273 g/mol. The first-order valence-corrected chi connectivity index (χ1v) is 5.66. The molecule has 0 unspecified atom stereocenters. The van der Waals surface area contributed by atoms with Crippen molar-refractivity contribution in [1.29, 1.82) is 0 Å². The number of fused-ring (bicyclic) bond motifs is 1. The number of nitrogens with zero attached hydrogens (tertiary/aromatic N) is 3. The Hall–Kier alpha value is -3.07. The Labute approximate surface area is 113 Å². The molecule has 0 fully saturated rings. The summed E-state index contributed by atoms with van der Waals surface area (Å²) in [6.07, 6.45) is 1.22. The SMILES string of the molecule is NC(=O)c1cnc(ON2NNc3ccccc32)nc1N. The number of nitrogens with one attached hydrogen (secondary N) is 2. The van der Waals surface area contributed by atoms with E-state index in [1.165, 1.54) is 11.4 Å². The quantitative estimate of drug-likeness (QED) is 0.604. The number of aromatic nitrogens is 2. The number of nitrogen functional groups attached to an aromatic ring is 1. The van der Waals surface area contributed by atoms with Crippen molar-refractivity contribution in [3.05, 3.63) is 36.0 Å². The molecule has 0 aliphatic carbocycles. The molecule has 6 N–H and O–H groups in total. The van der Waals surface area contributed by atoms with E-state index < -0.39 is 5.91 Å². The summed E-state index contributed by atoms with van der Waals surface area (Å²) in [6.45, 7) is 0. The molecule has 0 saturated heterocycles. The number of benzene rings is 1. The maximum absolute atomic E-state index is 11.0. The van der Waals surface area contributed by atoms with E-state index in [1.807, 2.05) is 24.3 Å². The van der Waals surface area contributed by atoms with Crippen molar-refractivity contribution in [2.75, 3.05) is 16.3 Å². The van der Waals surface area contributed by atoms with Gasteiger partial charge < -0.3 is 16.3 Å². The molecule has 1 aromatic heterocycles. The number of hydrogen-bond acceptors (Lipinski definition) is 8. The van der Waals surface area contributed by atoms with E-state index in [2.05, 4.69) is 20.9 Å². The van der Waals surface area contributed by atoms with Crippen LogP contribution in [0.5, 0.6) is 6.01 Å². The zero-order valence-electron chi connectivity index (χ0n) is 10.2. The van der Waals surface area contributed by atoms with Gasteiger partial charge >= 0.3 is 6.01 Å². The van der Waals surface area contributed by atoms with Crippen molar-refractivity contribution in [1.82, 2.24) is 15.5 Å². The molecule has 0 saturated carbocycles. The summed E-state index contributed by atoms with van der Waals surface area (Å²) < 4.78 is 0. The van der Waals surface area contributed by atoms with Gasteiger partial charge in [-0.05, 0) is 12.1 Å². The van der Waals surface area contributed by atoms with Crippen LogP contribution in [0, 0.1) is 0 Å². The first-order valence-electron chi connectivity index (χ1n) is 5.66. The number of primary amides is 1. The molecule has 0 radical (unpaired) electrons. The Morgan fingerprint density at radius 3 is 2.90 bits per heavy atom. The van der Waals surface area contributed by atoms with Gasteiger partial charge in [0.05, 0.1) is 11.3 Å². The lowest BCUT2D eigenvalue weighted by molar-refractivity contribution is 0.100. The number of rotatable bonds is 3. The number of amides is 1. The van der Waals surface area contributed by atoms with Gasteiger partial charge in [0.15, 0.2) is 0 Å². The standard InChI is InChI=1S/C11H11N7O2/c12-9-6(10(13)19)5-14-11(15-9)20-18-8-4-2-1-3-7(8)16-17-18/h1-5,16-17H,(H2,13,19)(H2,12,14,15). The van der Waals surface area contributed by atoms with Gasteiger partial charge in [-0.25, -0.2) is 4.98 Å². The smallest absolute Gasteiger partial charge is 0.346 e. The Morgan fingerprint density at radius 1 is 1.35 bits per heavy atom. The van der Waals surface area contributed by atoms with Crippen LogP contribution < -0.4 is 32.4 Å². The van der Waals surface area contributed by atoms with Crippen molar-refractivity contribution >= 4 is 23.1 Å². The maximum atomic E-state index is 11.0. The number of carbonyl (C=O) groups excluding carboxylic acids is 1.